The molecule has 5 atom stereocenters. The van der Waals surface area contributed by atoms with Crippen molar-refractivity contribution >= 4 is 11.8 Å². The van der Waals surface area contributed by atoms with E-state index in [1.807, 2.05) is 67.6 Å². The zero-order valence-electron chi connectivity index (χ0n) is 25.5. The number of nitrogens with zero attached hydrogens (tertiary/aromatic N) is 2. The monoisotopic (exact) mass is 608 g/mol. The number of nitrogens with one attached hydrogen (secondary N) is 2. The van der Waals surface area contributed by atoms with Crippen LogP contribution in [0.25, 0.3) is 0 Å². The molecule has 9 heteroatoms. The number of rotatable bonds is 11. The van der Waals surface area contributed by atoms with Crippen molar-refractivity contribution in [2.24, 2.45) is 0 Å². The number of aliphatic hydroxyl groups excluding tert-OH is 1. The summed E-state index contributed by atoms with van der Waals surface area (Å²) in [6.07, 6.45) is 3.39. The number of hydrogen-bond acceptors (Lipinski definition) is 7. The Kier molecular flexibility index (Phi) is 9.69. The lowest BCUT2D eigenvalue weighted by atomic mass is 9.94. The maximum absolute atomic E-state index is 13.7. The Hall–Kier alpha value is -4.31. The van der Waals surface area contributed by atoms with E-state index in [1.54, 1.807) is 35.4 Å². The molecule has 6 rings (SSSR count). The van der Waals surface area contributed by atoms with Crippen LogP contribution in [0.4, 0.5) is 0 Å². The zero-order chi connectivity index (χ0) is 31.2. The second-order valence-corrected chi connectivity index (χ2v) is 12.0. The summed E-state index contributed by atoms with van der Waals surface area (Å²) in [6, 6.07) is 25.5. The summed E-state index contributed by atoms with van der Waals surface area (Å²) in [7, 11) is 0. The van der Waals surface area contributed by atoms with Gasteiger partial charge in [0.1, 0.15) is 12.3 Å². The fourth-order valence-electron chi connectivity index (χ4n) is 6.32. The van der Waals surface area contributed by atoms with Crippen LogP contribution in [-0.4, -0.2) is 64.2 Å². The smallest absolute Gasteiger partial charge is 0.254 e. The van der Waals surface area contributed by atoms with E-state index in [4.69, 9.17) is 9.15 Å². The Balaban J connectivity index is 1.14. The molecule has 3 heterocycles. The maximum atomic E-state index is 13.7. The molecule has 3 aromatic carbocycles. The third-order valence-corrected chi connectivity index (χ3v) is 8.70. The van der Waals surface area contributed by atoms with Crippen molar-refractivity contribution in [1.29, 1.82) is 0 Å². The summed E-state index contributed by atoms with van der Waals surface area (Å²) in [6.45, 7) is 3.58. The molecular formula is C36H40N4O5. The Bertz CT molecular complexity index is 1580. The first kappa shape index (κ1) is 30.7. The van der Waals surface area contributed by atoms with E-state index in [0.29, 0.717) is 49.6 Å². The summed E-state index contributed by atoms with van der Waals surface area (Å²) >= 11 is 0. The van der Waals surface area contributed by atoms with Crippen molar-refractivity contribution in [3.63, 3.8) is 0 Å². The van der Waals surface area contributed by atoms with Gasteiger partial charge in [0, 0.05) is 30.3 Å². The molecule has 0 saturated carbocycles. The topological polar surface area (TPSA) is 117 Å². The minimum absolute atomic E-state index is 0.0460. The Morgan fingerprint density at radius 2 is 1.78 bits per heavy atom. The number of benzene rings is 3. The lowest BCUT2D eigenvalue weighted by Crippen LogP contribution is -2.52. The summed E-state index contributed by atoms with van der Waals surface area (Å²) in [5.74, 6) is 0.0274. The van der Waals surface area contributed by atoms with Gasteiger partial charge in [-0.3, -0.25) is 9.59 Å². The predicted octanol–water partition coefficient (Wildman–Crippen LogP) is 4.61. The standard InChI is InChI=1S/C36H40N4O5/c1-24-22-45-35(38-24)32-16-9-17-40(32)36(43)28-15-8-14-27(19-28)34(42)39-31(18-25-10-4-2-5-11-25)33(41)30-20-29(21-37-30)44-23-26-12-6-3-7-13-26/h2-8,10-15,19,22,29-33,37,41H,9,16-18,20-21,23H2,1H3,(H,39,42)/t29-,30-,31+,32?,33-/m1/s1. The molecule has 4 aromatic rings. The fraction of sp³-hybridized carbons (Fsp3) is 0.361. The van der Waals surface area contributed by atoms with Gasteiger partial charge >= 0.3 is 0 Å². The molecule has 1 aromatic heterocycles. The van der Waals surface area contributed by atoms with Gasteiger partial charge < -0.3 is 29.8 Å². The van der Waals surface area contributed by atoms with Gasteiger partial charge in [0.25, 0.3) is 11.8 Å². The number of carbonyl (C=O) groups is 2. The average molecular weight is 609 g/mol. The Morgan fingerprint density at radius 3 is 2.51 bits per heavy atom. The molecule has 1 unspecified atom stereocenters. The van der Waals surface area contributed by atoms with Crippen LogP contribution >= 0.6 is 0 Å². The highest BCUT2D eigenvalue weighted by molar-refractivity contribution is 6.00. The number of likely N-dealkylation sites (tertiary alicyclic amines) is 1. The Morgan fingerprint density at radius 1 is 1.04 bits per heavy atom. The maximum Gasteiger partial charge on any atom is 0.254 e. The zero-order valence-corrected chi connectivity index (χ0v) is 25.5. The molecule has 0 radical (unpaired) electrons. The SMILES string of the molecule is Cc1coc(C2CCCN2C(=O)c2cccc(C(=O)N[C@@H](Cc3ccccc3)[C@H](O)[C@H]3C[C@@H](OCc4ccccc4)CN3)c2)n1. The van der Waals surface area contributed by atoms with E-state index in [0.717, 1.165) is 29.7 Å². The molecular weight excluding hydrogens is 568 g/mol. The summed E-state index contributed by atoms with van der Waals surface area (Å²) in [4.78, 5) is 33.5. The van der Waals surface area contributed by atoms with Gasteiger partial charge in [0.15, 0.2) is 0 Å². The van der Waals surface area contributed by atoms with Crippen molar-refractivity contribution in [2.45, 2.75) is 69.5 Å². The van der Waals surface area contributed by atoms with E-state index in [1.165, 1.54) is 0 Å². The number of aliphatic hydroxyl groups is 1. The average Bonchev–Trinajstić information content (AvgIpc) is 3.85. The van der Waals surface area contributed by atoms with Crippen molar-refractivity contribution in [3.8, 4) is 0 Å². The number of ether oxygens (including phenoxy) is 1. The number of amides is 2. The lowest BCUT2D eigenvalue weighted by molar-refractivity contribution is 0.0419. The Labute approximate surface area is 263 Å². The predicted molar refractivity (Wildman–Crippen MR) is 170 cm³/mol. The number of carbonyl (C=O) groups excluding carboxylic acids is 2. The van der Waals surface area contributed by atoms with Crippen molar-refractivity contribution in [2.75, 3.05) is 13.1 Å². The second kappa shape index (κ2) is 14.2. The third kappa shape index (κ3) is 7.50. The minimum Gasteiger partial charge on any atom is -0.446 e. The molecule has 2 amide bonds. The number of aryl methyl sites for hydroxylation is 1. The van der Waals surface area contributed by atoms with Crippen LogP contribution < -0.4 is 10.6 Å². The van der Waals surface area contributed by atoms with Crippen LogP contribution in [0.15, 0.2) is 95.6 Å². The largest absolute Gasteiger partial charge is 0.446 e. The van der Waals surface area contributed by atoms with Crippen LogP contribution in [0.2, 0.25) is 0 Å². The minimum atomic E-state index is -0.862. The first-order valence-electron chi connectivity index (χ1n) is 15.7. The normalized spacial score (nSPS) is 21.0. The highest BCUT2D eigenvalue weighted by atomic mass is 16.5. The van der Waals surface area contributed by atoms with E-state index in [-0.39, 0.29) is 30.0 Å². The van der Waals surface area contributed by atoms with Gasteiger partial charge in [-0.05, 0) is 61.9 Å². The first-order valence-corrected chi connectivity index (χ1v) is 15.7. The molecule has 45 heavy (non-hydrogen) atoms. The van der Waals surface area contributed by atoms with Crippen LogP contribution in [0.1, 0.15) is 68.7 Å². The molecule has 234 valence electrons. The highest BCUT2D eigenvalue weighted by Gasteiger charge is 2.36. The van der Waals surface area contributed by atoms with Crippen molar-refractivity contribution in [1.82, 2.24) is 20.5 Å². The fourth-order valence-corrected chi connectivity index (χ4v) is 6.32. The van der Waals surface area contributed by atoms with Crippen LogP contribution in [0.3, 0.4) is 0 Å². The number of aromatic nitrogens is 1. The summed E-state index contributed by atoms with van der Waals surface area (Å²) < 4.78 is 11.7. The number of oxazole rings is 1. The van der Waals surface area contributed by atoms with Gasteiger partial charge in [-0.1, -0.05) is 66.7 Å². The quantitative estimate of drug-likeness (QED) is 0.228. The lowest BCUT2D eigenvalue weighted by Gasteiger charge is -2.29. The molecule has 2 aliphatic heterocycles. The molecule has 2 saturated heterocycles. The third-order valence-electron chi connectivity index (χ3n) is 8.70. The van der Waals surface area contributed by atoms with Crippen LogP contribution in [0.5, 0.6) is 0 Å². The van der Waals surface area contributed by atoms with E-state index < -0.39 is 12.1 Å². The van der Waals surface area contributed by atoms with Gasteiger partial charge in [-0.15, -0.1) is 0 Å². The number of hydrogen-bond donors (Lipinski definition) is 3. The van der Waals surface area contributed by atoms with Crippen LogP contribution in [0, 0.1) is 6.92 Å². The molecule has 2 fully saturated rings. The molecule has 2 aliphatic rings. The van der Waals surface area contributed by atoms with Crippen molar-refractivity contribution < 1.29 is 23.8 Å². The molecule has 0 bridgehead atoms. The van der Waals surface area contributed by atoms with E-state index in [2.05, 4.69) is 15.6 Å². The van der Waals surface area contributed by atoms with Gasteiger partial charge in [-0.2, -0.15) is 0 Å². The summed E-state index contributed by atoms with van der Waals surface area (Å²) in [5.41, 5.74) is 3.66. The second-order valence-electron chi connectivity index (χ2n) is 12.0. The first-order chi connectivity index (χ1) is 21.9. The van der Waals surface area contributed by atoms with Gasteiger partial charge in [0.05, 0.1) is 30.6 Å². The summed E-state index contributed by atoms with van der Waals surface area (Å²) in [5, 5.41) is 18.1. The van der Waals surface area contributed by atoms with E-state index >= 15 is 0 Å². The van der Waals surface area contributed by atoms with E-state index in [9.17, 15) is 14.7 Å². The van der Waals surface area contributed by atoms with Crippen molar-refractivity contribution in [3.05, 3.63) is 125 Å². The molecule has 0 aliphatic carbocycles. The van der Waals surface area contributed by atoms with Gasteiger partial charge in [-0.25, -0.2) is 4.98 Å². The molecule has 0 spiro atoms. The molecule has 9 nitrogen and oxygen atoms in total. The highest BCUT2D eigenvalue weighted by Crippen LogP contribution is 2.33. The van der Waals surface area contributed by atoms with Crippen LogP contribution in [-0.2, 0) is 17.8 Å². The molecule has 3 N–H and O–H groups in total. The van der Waals surface area contributed by atoms with Gasteiger partial charge in [0.2, 0.25) is 5.89 Å².